The van der Waals surface area contributed by atoms with Crippen LogP contribution in [0.2, 0.25) is 0 Å². The molecule has 8 heteroatoms. The lowest BCUT2D eigenvalue weighted by atomic mass is 9.99. The van der Waals surface area contributed by atoms with Crippen LogP contribution in [0.4, 0.5) is 13.2 Å². The Bertz CT molecular complexity index is 668. The van der Waals surface area contributed by atoms with E-state index in [0.29, 0.717) is 0 Å². The molecular weight excluding hydrogens is 345 g/mol. The van der Waals surface area contributed by atoms with Gasteiger partial charge in [0.25, 0.3) is 0 Å². The Balaban J connectivity index is 2.71. The molecule has 1 aromatic carbocycles. The van der Waals surface area contributed by atoms with E-state index in [0.717, 1.165) is 12.1 Å². The monoisotopic (exact) mass is 354 g/mol. The molecule has 0 aromatic heterocycles. The van der Waals surface area contributed by atoms with Crippen LogP contribution in [0.5, 0.6) is 5.75 Å². The van der Waals surface area contributed by atoms with Crippen molar-refractivity contribution in [2.24, 2.45) is 0 Å². The first-order valence-electron chi connectivity index (χ1n) is 6.16. The maximum absolute atomic E-state index is 13.0. The molecule has 0 saturated carbocycles. The van der Waals surface area contributed by atoms with Gasteiger partial charge in [-0.1, -0.05) is 15.9 Å². The highest BCUT2D eigenvalue weighted by molar-refractivity contribution is 9.10. The number of carboxylic acid groups (broad SMARTS) is 1. The van der Waals surface area contributed by atoms with Gasteiger partial charge in [-0.2, -0.15) is 13.2 Å². The molecule has 0 bridgehead atoms. The lowest BCUT2D eigenvalue weighted by Crippen LogP contribution is -2.40. The van der Waals surface area contributed by atoms with Gasteiger partial charge in [0.15, 0.2) is 0 Å². The van der Waals surface area contributed by atoms with Crippen LogP contribution in [-0.4, -0.2) is 28.5 Å². The van der Waals surface area contributed by atoms with Crippen molar-refractivity contribution < 1.29 is 35.7 Å². The Kier molecular flexibility index (Phi) is 3.12. The van der Waals surface area contributed by atoms with Crippen molar-refractivity contribution in [1.29, 1.82) is 0 Å². The Morgan fingerprint density at radius 1 is 1.50 bits per heavy atom. The lowest BCUT2D eigenvalue weighted by Gasteiger charge is -2.28. The van der Waals surface area contributed by atoms with Crippen molar-refractivity contribution in [1.82, 2.24) is 0 Å². The van der Waals surface area contributed by atoms with Gasteiger partial charge < -0.3 is 14.9 Å². The van der Waals surface area contributed by atoms with Crippen molar-refractivity contribution in [2.45, 2.75) is 18.8 Å². The summed E-state index contributed by atoms with van der Waals surface area (Å²) in [4.78, 5) is 11.0. The number of aliphatic hydroxyl groups is 1. The average molecular weight is 355 g/mol. The number of fused-ring (bicyclic) bond motifs is 1. The zero-order valence-corrected chi connectivity index (χ0v) is 11.1. The third-order valence-electron chi connectivity index (χ3n) is 2.58. The first-order valence-corrected chi connectivity index (χ1v) is 5.95. The molecule has 0 unspecified atom stereocenters. The van der Waals surface area contributed by atoms with Gasteiger partial charge in [-0.05, 0) is 18.2 Å². The van der Waals surface area contributed by atoms with Crippen molar-refractivity contribution in [3.8, 4) is 5.75 Å². The van der Waals surface area contributed by atoms with Gasteiger partial charge in [0.1, 0.15) is 5.75 Å². The number of hydrogen-bond donors (Lipinski definition) is 2. The number of aliphatic carboxylic acids is 1. The molecule has 1 aliphatic heterocycles. The highest BCUT2D eigenvalue weighted by Gasteiger charge is 2.48. The van der Waals surface area contributed by atoms with E-state index in [1.165, 1.54) is 6.07 Å². The average Bonchev–Trinajstić information content (AvgIpc) is 2.33. The first-order chi connectivity index (χ1) is 9.91. The van der Waals surface area contributed by atoms with E-state index in [4.69, 9.17) is 7.85 Å². The second-order valence-electron chi connectivity index (χ2n) is 3.93. The zero-order valence-electron chi connectivity index (χ0n) is 11.5. The molecule has 1 atom stereocenters. The molecule has 4 nitrogen and oxygen atoms in total. The molecule has 0 aliphatic carbocycles. The Hall–Kier alpha value is -1.54. The van der Waals surface area contributed by atoms with Crippen LogP contribution in [-0.2, 0) is 11.4 Å². The zero-order chi connectivity index (χ0) is 16.9. The van der Waals surface area contributed by atoms with E-state index in [1.54, 1.807) is 0 Å². The normalized spacial score (nSPS) is 20.2. The number of halogens is 4. The van der Waals surface area contributed by atoms with E-state index >= 15 is 0 Å². The van der Waals surface area contributed by atoms with Crippen molar-refractivity contribution in [3.05, 3.63) is 33.3 Å². The van der Waals surface area contributed by atoms with E-state index in [1.807, 2.05) is 0 Å². The lowest BCUT2D eigenvalue weighted by molar-refractivity contribution is -0.187. The number of hydrogen-bond acceptors (Lipinski definition) is 3. The molecule has 0 radical (unpaired) electrons. The van der Waals surface area contributed by atoms with Gasteiger partial charge in [0.05, 0.1) is 14.9 Å². The molecule has 0 fully saturated rings. The minimum Gasteiger partial charge on any atom is -0.478 e. The number of rotatable bonds is 2. The van der Waals surface area contributed by atoms with Crippen molar-refractivity contribution in [2.75, 3.05) is 0 Å². The summed E-state index contributed by atoms with van der Waals surface area (Å²) in [6.45, 7) is -2.96. The highest BCUT2D eigenvalue weighted by atomic mass is 79.9. The largest absolute Gasteiger partial charge is 0.478 e. The predicted molar refractivity (Wildman–Crippen MR) is 66.1 cm³/mol. The standard InChI is InChI=1S/C12H8BrF3O4/c13-7-1-5-3-8(11(18)19)10(12(14,15)16)20-9(5)6(2-7)4-17/h1-3,10,17H,4H2,(H,18,19)/t10-/m0/s1/i4D2. The summed E-state index contributed by atoms with van der Waals surface area (Å²) in [7, 11) is 0. The summed E-state index contributed by atoms with van der Waals surface area (Å²) in [5.74, 6) is -2.36. The molecule has 1 heterocycles. The van der Waals surface area contributed by atoms with Gasteiger partial charge in [0, 0.05) is 15.6 Å². The molecule has 2 rings (SSSR count). The second kappa shape index (κ2) is 5.10. The molecule has 108 valence electrons. The van der Waals surface area contributed by atoms with E-state index in [9.17, 15) is 23.1 Å². The summed E-state index contributed by atoms with van der Waals surface area (Å²) in [5, 5.41) is 18.4. The molecule has 2 N–H and O–H groups in total. The maximum Gasteiger partial charge on any atom is 0.430 e. The van der Waals surface area contributed by atoms with Crippen LogP contribution in [0.25, 0.3) is 6.08 Å². The van der Waals surface area contributed by atoms with Crippen LogP contribution in [0.15, 0.2) is 22.2 Å². The fraction of sp³-hybridized carbons (Fsp3) is 0.250. The Labute approximate surface area is 122 Å². The summed E-state index contributed by atoms with van der Waals surface area (Å²) < 4.78 is 58.3. The van der Waals surface area contributed by atoms with Gasteiger partial charge in [-0.25, -0.2) is 4.79 Å². The third kappa shape index (κ3) is 2.66. The molecule has 1 aromatic rings. The summed E-state index contributed by atoms with van der Waals surface area (Å²) in [6, 6.07) is 2.33. The minimum atomic E-state index is -5.01. The fourth-order valence-corrected chi connectivity index (χ4v) is 2.25. The quantitative estimate of drug-likeness (QED) is 0.856. The molecule has 0 amide bonds. The van der Waals surface area contributed by atoms with E-state index in [-0.39, 0.29) is 10.0 Å². The first kappa shape index (κ1) is 12.2. The summed E-state index contributed by atoms with van der Waals surface area (Å²) in [5.41, 5.74) is -1.64. The molecular formula is C12H8BrF3O4. The van der Waals surface area contributed by atoms with Crippen LogP contribution in [0, 0.1) is 0 Å². The SMILES string of the molecule is [2H]C([2H])(O)c1cc(Br)cc2c1O[C@H](C(F)(F)F)C(C(=O)O)=C2. The third-order valence-corrected chi connectivity index (χ3v) is 3.03. The Morgan fingerprint density at radius 2 is 2.15 bits per heavy atom. The number of carbonyl (C=O) groups is 1. The Morgan fingerprint density at radius 3 is 2.65 bits per heavy atom. The topological polar surface area (TPSA) is 66.8 Å². The number of benzene rings is 1. The van der Waals surface area contributed by atoms with Crippen molar-refractivity contribution in [3.63, 3.8) is 0 Å². The molecule has 0 spiro atoms. The van der Waals surface area contributed by atoms with E-state index < -0.39 is 41.7 Å². The molecule has 20 heavy (non-hydrogen) atoms. The number of alkyl halides is 3. The second-order valence-corrected chi connectivity index (χ2v) is 4.84. The number of ether oxygens (including phenoxy) is 1. The smallest absolute Gasteiger partial charge is 0.430 e. The van der Waals surface area contributed by atoms with Gasteiger partial charge in [-0.15, -0.1) is 0 Å². The van der Waals surface area contributed by atoms with Crippen LogP contribution in [0.1, 0.15) is 13.9 Å². The highest BCUT2D eigenvalue weighted by Crippen LogP contribution is 2.40. The van der Waals surface area contributed by atoms with Crippen LogP contribution >= 0.6 is 15.9 Å². The van der Waals surface area contributed by atoms with E-state index in [2.05, 4.69) is 20.7 Å². The minimum absolute atomic E-state index is 0.0831. The van der Waals surface area contributed by atoms with Gasteiger partial charge >= 0.3 is 12.1 Å². The van der Waals surface area contributed by atoms with Crippen molar-refractivity contribution >= 4 is 28.0 Å². The maximum atomic E-state index is 13.0. The summed E-state index contributed by atoms with van der Waals surface area (Å²) >= 11 is 3.01. The summed E-state index contributed by atoms with van der Waals surface area (Å²) in [6.07, 6.45) is -7.01. The molecule has 0 saturated heterocycles. The van der Waals surface area contributed by atoms with Crippen LogP contribution < -0.4 is 4.74 Å². The number of carboxylic acids is 1. The van der Waals surface area contributed by atoms with Crippen LogP contribution in [0.3, 0.4) is 0 Å². The van der Waals surface area contributed by atoms with Gasteiger partial charge in [0.2, 0.25) is 6.10 Å². The van der Waals surface area contributed by atoms with Gasteiger partial charge in [-0.3, -0.25) is 0 Å². The predicted octanol–water partition coefficient (Wildman–Crippen LogP) is 2.73. The fourth-order valence-electron chi connectivity index (χ4n) is 1.78. The molecule has 1 aliphatic rings.